The molecule has 0 fully saturated rings. The van der Waals surface area contributed by atoms with Crippen molar-refractivity contribution in [2.75, 3.05) is 6.54 Å². The third-order valence-corrected chi connectivity index (χ3v) is 2.28. The second-order valence-corrected chi connectivity index (χ2v) is 4.07. The van der Waals surface area contributed by atoms with Crippen LogP contribution in [0.15, 0.2) is 35.9 Å². The Morgan fingerprint density at radius 1 is 1.57 bits per heavy atom. The van der Waals surface area contributed by atoms with E-state index in [2.05, 4.69) is 50.0 Å². The molecule has 1 aromatic rings. The van der Waals surface area contributed by atoms with Gasteiger partial charge >= 0.3 is 0 Å². The van der Waals surface area contributed by atoms with Crippen LogP contribution in [0.25, 0.3) is 0 Å². The fourth-order valence-electron chi connectivity index (χ4n) is 1.32. The van der Waals surface area contributed by atoms with Crippen LogP contribution in [0.4, 0.5) is 0 Å². The molecule has 14 heavy (non-hydrogen) atoms. The summed E-state index contributed by atoms with van der Waals surface area (Å²) in [6, 6.07) is 8.76. The van der Waals surface area contributed by atoms with Crippen LogP contribution in [0, 0.1) is 6.92 Å². The van der Waals surface area contributed by atoms with Crippen molar-refractivity contribution in [1.29, 1.82) is 0 Å². The van der Waals surface area contributed by atoms with Crippen LogP contribution in [-0.2, 0) is 0 Å². The lowest BCUT2D eigenvalue weighted by Crippen LogP contribution is -2.19. The van der Waals surface area contributed by atoms with Gasteiger partial charge in [-0.25, -0.2) is 0 Å². The second kappa shape index (κ2) is 5.18. The van der Waals surface area contributed by atoms with Crippen molar-refractivity contribution >= 4 is 11.6 Å². The molecule has 1 N–H and O–H groups in total. The maximum Gasteiger partial charge on any atom is 0.0313 e. The average Bonchev–Trinajstić information content (AvgIpc) is 2.14. The third-order valence-electron chi connectivity index (χ3n) is 2.14. The van der Waals surface area contributed by atoms with Crippen LogP contribution in [0.5, 0.6) is 0 Å². The number of benzene rings is 1. The van der Waals surface area contributed by atoms with Gasteiger partial charge < -0.3 is 5.32 Å². The zero-order chi connectivity index (χ0) is 10.6. The van der Waals surface area contributed by atoms with Gasteiger partial charge in [0.2, 0.25) is 0 Å². The highest BCUT2D eigenvalue weighted by molar-refractivity contribution is 6.29. The van der Waals surface area contributed by atoms with E-state index in [-0.39, 0.29) is 0 Å². The van der Waals surface area contributed by atoms with Crippen molar-refractivity contribution in [3.05, 3.63) is 47.0 Å². The largest absolute Gasteiger partial charge is 0.305 e. The SMILES string of the molecule is C=C(Cl)CN[C@H](C)c1cccc(C)c1. The quantitative estimate of drug-likeness (QED) is 0.802. The van der Waals surface area contributed by atoms with E-state index in [0.29, 0.717) is 17.6 Å². The van der Waals surface area contributed by atoms with E-state index in [4.69, 9.17) is 11.6 Å². The number of nitrogens with one attached hydrogen (secondary N) is 1. The van der Waals surface area contributed by atoms with Crippen molar-refractivity contribution < 1.29 is 0 Å². The van der Waals surface area contributed by atoms with Crippen LogP contribution < -0.4 is 5.32 Å². The van der Waals surface area contributed by atoms with Crippen LogP contribution in [0.3, 0.4) is 0 Å². The average molecular weight is 210 g/mol. The number of hydrogen-bond acceptors (Lipinski definition) is 1. The van der Waals surface area contributed by atoms with Crippen molar-refractivity contribution in [2.24, 2.45) is 0 Å². The van der Waals surface area contributed by atoms with Crippen molar-refractivity contribution in [3.63, 3.8) is 0 Å². The van der Waals surface area contributed by atoms with Gasteiger partial charge in [0.05, 0.1) is 0 Å². The molecule has 1 aromatic carbocycles. The van der Waals surface area contributed by atoms with Crippen molar-refractivity contribution in [2.45, 2.75) is 19.9 Å². The number of halogens is 1. The van der Waals surface area contributed by atoms with E-state index < -0.39 is 0 Å². The third kappa shape index (κ3) is 3.52. The van der Waals surface area contributed by atoms with E-state index in [0.717, 1.165) is 0 Å². The lowest BCUT2D eigenvalue weighted by molar-refractivity contribution is 0.614. The van der Waals surface area contributed by atoms with E-state index in [1.165, 1.54) is 11.1 Å². The molecule has 76 valence electrons. The Bertz CT molecular complexity index is 320. The molecule has 1 rings (SSSR count). The first-order chi connectivity index (χ1) is 6.59. The molecular weight excluding hydrogens is 194 g/mol. The van der Waals surface area contributed by atoms with E-state index >= 15 is 0 Å². The predicted molar refractivity (Wildman–Crippen MR) is 62.6 cm³/mol. The molecule has 0 radical (unpaired) electrons. The fourth-order valence-corrected chi connectivity index (χ4v) is 1.40. The smallest absolute Gasteiger partial charge is 0.0313 e. The standard InChI is InChI=1S/C12H16ClN/c1-9-5-4-6-12(7-9)11(3)14-8-10(2)13/h4-7,11,14H,2,8H2,1,3H3/t11-/m1/s1. The molecule has 0 aliphatic carbocycles. The first-order valence-corrected chi connectivity index (χ1v) is 5.10. The lowest BCUT2D eigenvalue weighted by Gasteiger charge is -2.14. The summed E-state index contributed by atoms with van der Waals surface area (Å²) in [5.74, 6) is 0. The van der Waals surface area contributed by atoms with Gasteiger partial charge in [-0.05, 0) is 19.4 Å². The normalized spacial score (nSPS) is 12.5. The minimum absolute atomic E-state index is 0.311. The van der Waals surface area contributed by atoms with Gasteiger partial charge in [0.1, 0.15) is 0 Å². The molecule has 0 amide bonds. The Morgan fingerprint density at radius 3 is 2.86 bits per heavy atom. The van der Waals surface area contributed by atoms with Gasteiger partial charge in [-0.15, -0.1) is 0 Å². The molecule has 0 bridgehead atoms. The van der Waals surface area contributed by atoms with E-state index in [1.54, 1.807) is 0 Å². The first-order valence-electron chi connectivity index (χ1n) is 4.73. The summed E-state index contributed by atoms with van der Waals surface area (Å²) in [5, 5.41) is 3.94. The molecule has 1 nitrogen and oxygen atoms in total. The molecule has 0 unspecified atom stereocenters. The van der Waals surface area contributed by atoms with Gasteiger partial charge in [-0.2, -0.15) is 0 Å². The van der Waals surface area contributed by atoms with Crippen molar-refractivity contribution in [3.8, 4) is 0 Å². The molecular formula is C12H16ClN. The monoisotopic (exact) mass is 209 g/mol. The Kier molecular flexibility index (Phi) is 4.18. The summed E-state index contributed by atoms with van der Waals surface area (Å²) in [6.45, 7) is 8.50. The number of hydrogen-bond donors (Lipinski definition) is 1. The molecule has 0 saturated heterocycles. The Hall–Kier alpha value is -0.790. The van der Waals surface area contributed by atoms with E-state index in [1.807, 2.05) is 0 Å². The minimum Gasteiger partial charge on any atom is -0.305 e. The zero-order valence-electron chi connectivity index (χ0n) is 8.68. The highest BCUT2D eigenvalue weighted by atomic mass is 35.5. The highest BCUT2D eigenvalue weighted by Gasteiger charge is 2.03. The first kappa shape index (κ1) is 11.3. The summed E-state index contributed by atoms with van der Waals surface area (Å²) in [7, 11) is 0. The van der Waals surface area contributed by atoms with Gasteiger partial charge in [-0.3, -0.25) is 0 Å². The summed E-state index contributed by atoms with van der Waals surface area (Å²) in [4.78, 5) is 0. The summed E-state index contributed by atoms with van der Waals surface area (Å²) >= 11 is 5.68. The lowest BCUT2D eigenvalue weighted by atomic mass is 10.1. The Balaban J connectivity index is 2.60. The van der Waals surface area contributed by atoms with Gasteiger partial charge in [-0.1, -0.05) is 48.0 Å². The fraction of sp³-hybridized carbons (Fsp3) is 0.333. The zero-order valence-corrected chi connectivity index (χ0v) is 9.43. The Labute approximate surface area is 90.8 Å². The highest BCUT2D eigenvalue weighted by Crippen LogP contribution is 2.13. The predicted octanol–water partition coefficient (Wildman–Crippen LogP) is 3.40. The molecule has 1 atom stereocenters. The summed E-state index contributed by atoms with van der Waals surface area (Å²) in [6.07, 6.45) is 0. The van der Waals surface area contributed by atoms with Gasteiger partial charge in [0, 0.05) is 17.6 Å². The van der Waals surface area contributed by atoms with Gasteiger partial charge in [0.25, 0.3) is 0 Å². The number of rotatable bonds is 4. The van der Waals surface area contributed by atoms with Crippen LogP contribution in [-0.4, -0.2) is 6.54 Å². The second-order valence-electron chi connectivity index (χ2n) is 3.53. The molecule has 0 heterocycles. The van der Waals surface area contributed by atoms with Gasteiger partial charge in [0.15, 0.2) is 0 Å². The van der Waals surface area contributed by atoms with Crippen LogP contribution >= 0.6 is 11.6 Å². The molecule has 0 aromatic heterocycles. The Morgan fingerprint density at radius 2 is 2.29 bits per heavy atom. The molecule has 0 spiro atoms. The minimum atomic E-state index is 0.311. The summed E-state index contributed by atoms with van der Waals surface area (Å²) in [5.41, 5.74) is 2.56. The summed E-state index contributed by atoms with van der Waals surface area (Å²) < 4.78 is 0. The molecule has 0 aliphatic heterocycles. The molecule has 0 aliphatic rings. The maximum atomic E-state index is 5.68. The number of aryl methyl sites for hydroxylation is 1. The molecule has 0 saturated carbocycles. The topological polar surface area (TPSA) is 12.0 Å². The molecule has 2 heteroatoms. The maximum absolute atomic E-state index is 5.68. The van der Waals surface area contributed by atoms with Crippen LogP contribution in [0.2, 0.25) is 0 Å². The van der Waals surface area contributed by atoms with Crippen molar-refractivity contribution in [1.82, 2.24) is 5.32 Å². The van der Waals surface area contributed by atoms with E-state index in [9.17, 15) is 0 Å². The van der Waals surface area contributed by atoms with Crippen LogP contribution in [0.1, 0.15) is 24.1 Å².